The topological polar surface area (TPSA) is 60.7 Å². The quantitative estimate of drug-likeness (QED) is 0.694. The van der Waals surface area contributed by atoms with Crippen molar-refractivity contribution in [3.05, 3.63) is 71.3 Å². The third kappa shape index (κ3) is 2.19. The Hall–Kier alpha value is -2.53. The van der Waals surface area contributed by atoms with E-state index in [1.807, 2.05) is 30.3 Å². The SMILES string of the molecule is O=C(c1ncccc1Cl)c1cnnn1-c1ccccc1. The highest BCUT2D eigenvalue weighted by Gasteiger charge is 2.19. The Labute approximate surface area is 119 Å². The highest BCUT2D eigenvalue weighted by Crippen LogP contribution is 2.18. The van der Waals surface area contributed by atoms with Gasteiger partial charge in [0, 0.05) is 6.20 Å². The van der Waals surface area contributed by atoms with E-state index in [1.165, 1.54) is 17.1 Å². The molecule has 0 saturated carbocycles. The van der Waals surface area contributed by atoms with Crippen molar-refractivity contribution in [1.82, 2.24) is 20.0 Å². The summed E-state index contributed by atoms with van der Waals surface area (Å²) in [5.74, 6) is -0.315. The summed E-state index contributed by atoms with van der Waals surface area (Å²) in [7, 11) is 0. The molecule has 1 aromatic carbocycles. The largest absolute Gasteiger partial charge is 0.285 e. The molecule has 0 amide bonds. The molecule has 3 rings (SSSR count). The lowest BCUT2D eigenvalue weighted by atomic mass is 10.2. The van der Waals surface area contributed by atoms with Gasteiger partial charge in [-0.3, -0.25) is 9.78 Å². The first-order chi connectivity index (χ1) is 9.77. The predicted octanol–water partition coefficient (Wildman–Crippen LogP) is 2.55. The molecular weight excluding hydrogens is 276 g/mol. The number of halogens is 1. The van der Waals surface area contributed by atoms with E-state index in [0.717, 1.165) is 5.69 Å². The first-order valence-electron chi connectivity index (χ1n) is 5.89. The average molecular weight is 285 g/mol. The molecule has 0 saturated heterocycles. The van der Waals surface area contributed by atoms with Crippen LogP contribution in [0.15, 0.2) is 54.9 Å². The first kappa shape index (κ1) is 12.5. The van der Waals surface area contributed by atoms with Crippen molar-refractivity contribution in [2.45, 2.75) is 0 Å². The second-order valence-corrected chi connectivity index (χ2v) is 4.44. The van der Waals surface area contributed by atoms with Gasteiger partial charge < -0.3 is 0 Å². The van der Waals surface area contributed by atoms with E-state index in [0.29, 0.717) is 10.7 Å². The predicted molar refractivity (Wildman–Crippen MR) is 74.0 cm³/mol. The van der Waals surface area contributed by atoms with Crippen LogP contribution in [-0.4, -0.2) is 25.8 Å². The number of hydrogen-bond acceptors (Lipinski definition) is 4. The standard InChI is InChI=1S/C14H9ClN4O/c15-11-7-4-8-16-13(11)14(20)12-9-17-18-19(12)10-5-2-1-3-6-10/h1-9H. The van der Waals surface area contributed by atoms with Crippen LogP contribution in [-0.2, 0) is 0 Å². The molecule has 2 aromatic heterocycles. The number of nitrogens with zero attached hydrogens (tertiary/aromatic N) is 4. The van der Waals surface area contributed by atoms with Gasteiger partial charge in [-0.1, -0.05) is 35.0 Å². The number of aromatic nitrogens is 4. The zero-order chi connectivity index (χ0) is 13.9. The Balaban J connectivity index is 2.07. The van der Waals surface area contributed by atoms with Gasteiger partial charge >= 0.3 is 0 Å². The summed E-state index contributed by atoms with van der Waals surface area (Å²) >= 11 is 6.00. The summed E-state index contributed by atoms with van der Waals surface area (Å²) in [4.78, 5) is 16.5. The minimum Gasteiger partial charge on any atom is -0.285 e. The van der Waals surface area contributed by atoms with Gasteiger partial charge in [0.15, 0.2) is 0 Å². The van der Waals surface area contributed by atoms with Gasteiger partial charge in [-0.25, -0.2) is 4.68 Å². The molecule has 20 heavy (non-hydrogen) atoms. The molecule has 98 valence electrons. The highest BCUT2D eigenvalue weighted by atomic mass is 35.5. The Bertz CT molecular complexity index is 755. The first-order valence-corrected chi connectivity index (χ1v) is 6.26. The second kappa shape index (κ2) is 5.22. The van der Waals surface area contributed by atoms with Crippen molar-refractivity contribution >= 4 is 17.4 Å². The summed E-state index contributed by atoms with van der Waals surface area (Å²) in [6.07, 6.45) is 2.93. The fraction of sp³-hybridized carbons (Fsp3) is 0. The Morgan fingerprint density at radius 2 is 1.90 bits per heavy atom. The number of hydrogen-bond donors (Lipinski definition) is 0. The Morgan fingerprint density at radius 1 is 1.10 bits per heavy atom. The van der Waals surface area contributed by atoms with Gasteiger partial charge in [0.05, 0.1) is 16.9 Å². The molecule has 0 N–H and O–H groups in total. The highest BCUT2D eigenvalue weighted by molar-refractivity contribution is 6.34. The molecule has 0 unspecified atom stereocenters. The van der Waals surface area contributed by atoms with Crippen LogP contribution < -0.4 is 0 Å². The van der Waals surface area contributed by atoms with Crippen molar-refractivity contribution in [2.75, 3.05) is 0 Å². The van der Waals surface area contributed by atoms with E-state index in [9.17, 15) is 4.79 Å². The maximum Gasteiger partial charge on any atom is 0.232 e. The van der Waals surface area contributed by atoms with Gasteiger partial charge in [0.1, 0.15) is 11.4 Å². The molecule has 0 radical (unpaired) electrons. The van der Waals surface area contributed by atoms with Gasteiger partial charge in [-0.05, 0) is 24.3 Å². The van der Waals surface area contributed by atoms with Crippen molar-refractivity contribution in [1.29, 1.82) is 0 Å². The molecule has 5 nitrogen and oxygen atoms in total. The van der Waals surface area contributed by atoms with Crippen LogP contribution in [0.1, 0.15) is 16.2 Å². The van der Waals surface area contributed by atoms with Crippen LogP contribution in [0.5, 0.6) is 0 Å². The van der Waals surface area contributed by atoms with Gasteiger partial charge in [-0.15, -0.1) is 5.10 Å². The third-order valence-corrected chi connectivity index (χ3v) is 3.06. The lowest BCUT2D eigenvalue weighted by molar-refractivity contribution is 0.102. The maximum atomic E-state index is 12.5. The fourth-order valence-corrected chi connectivity index (χ4v) is 2.03. The molecule has 0 aliphatic carbocycles. The molecule has 0 bridgehead atoms. The van der Waals surface area contributed by atoms with Crippen molar-refractivity contribution < 1.29 is 4.79 Å². The Kier molecular flexibility index (Phi) is 3.26. The number of rotatable bonds is 3. The monoisotopic (exact) mass is 284 g/mol. The van der Waals surface area contributed by atoms with Gasteiger partial charge in [0.2, 0.25) is 5.78 Å². The molecule has 6 heteroatoms. The fourth-order valence-electron chi connectivity index (χ4n) is 1.82. The van der Waals surface area contributed by atoms with Crippen LogP contribution in [0, 0.1) is 0 Å². The minimum absolute atomic E-state index is 0.189. The number of para-hydroxylation sites is 1. The lowest BCUT2D eigenvalue weighted by Crippen LogP contribution is -2.11. The number of carbonyl (C=O) groups excluding carboxylic acids is 1. The maximum absolute atomic E-state index is 12.5. The van der Waals surface area contributed by atoms with Crippen LogP contribution in [0.4, 0.5) is 0 Å². The molecule has 2 heterocycles. The normalized spacial score (nSPS) is 10.4. The van der Waals surface area contributed by atoms with E-state index in [4.69, 9.17) is 11.6 Å². The summed E-state index contributed by atoms with van der Waals surface area (Å²) in [5.41, 5.74) is 1.26. The van der Waals surface area contributed by atoms with E-state index in [1.54, 1.807) is 12.1 Å². The zero-order valence-corrected chi connectivity index (χ0v) is 11.0. The summed E-state index contributed by atoms with van der Waals surface area (Å²) in [6.45, 7) is 0. The van der Waals surface area contributed by atoms with Crippen molar-refractivity contribution in [3.8, 4) is 5.69 Å². The van der Waals surface area contributed by atoms with Crippen LogP contribution in [0.3, 0.4) is 0 Å². The van der Waals surface area contributed by atoms with Gasteiger partial charge in [0.25, 0.3) is 0 Å². The average Bonchev–Trinajstić information content (AvgIpc) is 2.97. The zero-order valence-electron chi connectivity index (χ0n) is 10.3. The number of ketones is 1. The summed E-state index contributed by atoms with van der Waals surface area (Å²) < 4.78 is 1.47. The van der Waals surface area contributed by atoms with Crippen LogP contribution in [0.2, 0.25) is 5.02 Å². The number of carbonyl (C=O) groups is 1. The molecule has 0 aliphatic rings. The van der Waals surface area contributed by atoms with Crippen LogP contribution in [0.25, 0.3) is 5.69 Å². The molecule has 0 spiro atoms. The summed E-state index contributed by atoms with van der Waals surface area (Å²) in [5, 5.41) is 8.04. The molecule has 3 aromatic rings. The number of benzene rings is 1. The molecular formula is C14H9ClN4O. The minimum atomic E-state index is -0.315. The number of pyridine rings is 1. The van der Waals surface area contributed by atoms with Crippen molar-refractivity contribution in [2.24, 2.45) is 0 Å². The second-order valence-electron chi connectivity index (χ2n) is 4.03. The van der Waals surface area contributed by atoms with E-state index in [-0.39, 0.29) is 11.5 Å². The molecule has 0 fully saturated rings. The van der Waals surface area contributed by atoms with Crippen LogP contribution >= 0.6 is 11.6 Å². The van der Waals surface area contributed by atoms with E-state index in [2.05, 4.69) is 15.3 Å². The van der Waals surface area contributed by atoms with Crippen molar-refractivity contribution in [3.63, 3.8) is 0 Å². The molecule has 0 atom stereocenters. The molecule has 0 aliphatic heterocycles. The third-order valence-electron chi connectivity index (χ3n) is 2.76. The van der Waals surface area contributed by atoms with Gasteiger partial charge in [-0.2, -0.15) is 0 Å². The van der Waals surface area contributed by atoms with E-state index >= 15 is 0 Å². The summed E-state index contributed by atoms with van der Waals surface area (Å²) in [6, 6.07) is 12.6. The van der Waals surface area contributed by atoms with E-state index < -0.39 is 0 Å². The smallest absolute Gasteiger partial charge is 0.232 e. The lowest BCUT2D eigenvalue weighted by Gasteiger charge is -2.05. The Morgan fingerprint density at radius 3 is 2.65 bits per heavy atom.